The number of amides is 2. The van der Waals surface area contributed by atoms with Crippen LogP contribution in [0.3, 0.4) is 0 Å². The number of nitrogens with zero attached hydrogens (tertiary/aromatic N) is 1. The zero-order chi connectivity index (χ0) is 34.6. The van der Waals surface area contributed by atoms with Gasteiger partial charge in [0.1, 0.15) is 5.41 Å². The van der Waals surface area contributed by atoms with Gasteiger partial charge in [0.15, 0.2) is 0 Å². The fourth-order valence-corrected chi connectivity index (χ4v) is 6.90. The fraction of sp³-hybridized carbons (Fsp3) is 0.450. The Morgan fingerprint density at radius 1 is 0.854 bits per heavy atom. The van der Waals surface area contributed by atoms with E-state index in [4.69, 9.17) is 0 Å². The van der Waals surface area contributed by atoms with Crippen molar-refractivity contribution in [1.82, 2.24) is 15.5 Å². The number of carbonyl (C=O) groups excluding carboxylic acids is 2. The minimum atomic E-state index is -3.08. The van der Waals surface area contributed by atoms with E-state index in [2.05, 4.69) is 54.5 Å². The molecule has 1 aliphatic rings. The van der Waals surface area contributed by atoms with Gasteiger partial charge in [-0.15, -0.1) is 0 Å². The van der Waals surface area contributed by atoms with Gasteiger partial charge in [-0.3, -0.25) is 9.59 Å². The number of hydrogen-bond donors (Lipinski definition) is 2. The van der Waals surface area contributed by atoms with Crippen molar-refractivity contribution in [3.63, 3.8) is 0 Å². The van der Waals surface area contributed by atoms with Crippen LogP contribution in [0.5, 0.6) is 0 Å². The van der Waals surface area contributed by atoms with E-state index in [1.165, 1.54) is 25.9 Å². The third-order valence-electron chi connectivity index (χ3n) is 9.38. The number of fused-ring (bicyclic) bond motifs is 3. The maximum absolute atomic E-state index is 13.9. The predicted octanol–water partition coefficient (Wildman–Crippen LogP) is 8.20. The summed E-state index contributed by atoms with van der Waals surface area (Å²) in [6, 6.07) is 24.1. The minimum absolute atomic E-state index is 0.0411. The summed E-state index contributed by atoms with van der Waals surface area (Å²) in [7, 11) is 1.52. The van der Waals surface area contributed by atoms with Crippen LogP contribution in [0, 0.1) is 6.92 Å². The maximum atomic E-state index is 13.9. The van der Waals surface area contributed by atoms with E-state index in [1.807, 2.05) is 60.7 Å². The molecule has 3 aromatic carbocycles. The summed E-state index contributed by atoms with van der Waals surface area (Å²) >= 11 is 0. The number of carbonyl (C=O) groups is 2. The molecule has 3 aromatic rings. The molecule has 0 radical (unpaired) electrons. The second kappa shape index (κ2) is 17.8. The van der Waals surface area contributed by atoms with Gasteiger partial charge in [-0.1, -0.05) is 113 Å². The van der Waals surface area contributed by atoms with Crippen molar-refractivity contribution in [3.05, 3.63) is 107 Å². The van der Waals surface area contributed by atoms with Crippen molar-refractivity contribution >= 4 is 21.1 Å². The van der Waals surface area contributed by atoms with E-state index in [0.717, 1.165) is 80.4 Å². The van der Waals surface area contributed by atoms with Crippen molar-refractivity contribution in [2.75, 3.05) is 32.7 Å². The van der Waals surface area contributed by atoms with Gasteiger partial charge in [0.2, 0.25) is 11.8 Å². The standard InChI is InChI=1S/C40H52F2N3O2P/c1-4-5-25-45(27-14-24-43-37(46)22-21-30(2)28-32-16-7-6-15-31(32)3)26-13-12-23-39(38(47)44-29-40(41,42)48)35-19-10-8-17-33(35)34-18-9-11-20-36(34)39/h6-11,15-21H,4-5,12-14,22-29,48H2,1-3H3,(H,43,46)(H,44,47)/b30-21+. The summed E-state index contributed by atoms with van der Waals surface area (Å²) in [6.45, 7) is 9.00. The zero-order valence-corrected chi connectivity index (χ0v) is 29.9. The van der Waals surface area contributed by atoms with E-state index in [-0.39, 0.29) is 11.8 Å². The average molecular weight is 676 g/mol. The van der Waals surface area contributed by atoms with Crippen LogP contribution in [0.2, 0.25) is 0 Å². The SMILES string of the molecule is CCCCN(CCCCC1(C(=O)NCC(F)(F)P)c2ccccc2-c2ccccc21)CCCNC(=O)C/C=C(\C)Cc1ccccc1C. The van der Waals surface area contributed by atoms with E-state index in [1.54, 1.807) is 0 Å². The normalized spacial score (nSPS) is 13.7. The van der Waals surface area contributed by atoms with Gasteiger partial charge < -0.3 is 15.5 Å². The van der Waals surface area contributed by atoms with Crippen LogP contribution in [0.25, 0.3) is 11.1 Å². The maximum Gasteiger partial charge on any atom is 0.275 e. The lowest BCUT2D eigenvalue weighted by Gasteiger charge is -2.32. The number of hydrogen-bond acceptors (Lipinski definition) is 3. The Balaban J connectivity index is 1.31. The number of benzene rings is 3. The number of aryl methyl sites for hydroxylation is 1. The molecule has 4 rings (SSSR count). The molecule has 2 amide bonds. The Morgan fingerprint density at radius 3 is 2.10 bits per heavy atom. The minimum Gasteiger partial charge on any atom is -0.356 e. The van der Waals surface area contributed by atoms with Crippen molar-refractivity contribution in [2.24, 2.45) is 0 Å². The smallest absolute Gasteiger partial charge is 0.275 e. The summed E-state index contributed by atoms with van der Waals surface area (Å²) in [6.07, 6.45) is 8.48. The van der Waals surface area contributed by atoms with Crippen LogP contribution in [0.4, 0.5) is 8.78 Å². The molecular weight excluding hydrogens is 623 g/mol. The zero-order valence-electron chi connectivity index (χ0n) is 28.8. The highest BCUT2D eigenvalue weighted by molar-refractivity contribution is 7.18. The molecule has 5 nitrogen and oxygen atoms in total. The Labute approximate surface area is 288 Å². The highest BCUT2D eigenvalue weighted by atomic mass is 31.0. The van der Waals surface area contributed by atoms with Gasteiger partial charge >= 0.3 is 0 Å². The largest absolute Gasteiger partial charge is 0.356 e. The topological polar surface area (TPSA) is 61.4 Å². The van der Waals surface area contributed by atoms with Gasteiger partial charge in [0.25, 0.3) is 5.66 Å². The Bertz CT molecular complexity index is 1510. The molecule has 8 heteroatoms. The summed E-state index contributed by atoms with van der Waals surface area (Å²) in [5, 5.41) is 5.66. The van der Waals surface area contributed by atoms with Crippen molar-refractivity contribution in [3.8, 4) is 11.1 Å². The van der Waals surface area contributed by atoms with Crippen LogP contribution < -0.4 is 10.6 Å². The van der Waals surface area contributed by atoms with E-state index >= 15 is 0 Å². The average Bonchev–Trinajstić information content (AvgIpc) is 3.36. The molecule has 0 aliphatic heterocycles. The van der Waals surface area contributed by atoms with Crippen molar-refractivity contribution < 1.29 is 18.4 Å². The second-order valence-electron chi connectivity index (χ2n) is 13.2. The van der Waals surface area contributed by atoms with Crippen LogP contribution in [-0.4, -0.2) is 55.1 Å². The lowest BCUT2D eigenvalue weighted by Crippen LogP contribution is -2.47. The number of halogens is 2. The van der Waals surface area contributed by atoms with Crippen molar-refractivity contribution in [2.45, 2.75) is 83.2 Å². The molecule has 1 atom stereocenters. The van der Waals surface area contributed by atoms with Crippen LogP contribution in [0.15, 0.2) is 84.4 Å². The summed E-state index contributed by atoms with van der Waals surface area (Å²) in [5.41, 5.74) is 3.39. The molecule has 258 valence electrons. The number of unbranched alkanes of at least 4 members (excludes halogenated alkanes) is 2. The molecule has 0 saturated carbocycles. The lowest BCUT2D eigenvalue weighted by molar-refractivity contribution is -0.126. The number of rotatable bonds is 19. The van der Waals surface area contributed by atoms with Gasteiger partial charge in [-0.05, 0) is 99.0 Å². The number of nitrogens with one attached hydrogen (secondary N) is 2. The second-order valence-corrected chi connectivity index (χ2v) is 14.0. The molecule has 48 heavy (non-hydrogen) atoms. The van der Waals surface area contributed by atoms with Crippen LogP contribution in [-0.2, 0) is 21.4 Å². The fourth-order valence-electron chi connectivity index (χ4n) is 6.80. The first-order chi connectivity index (χ1) is 23.0. The first-order valence-corrected chi connectivity index (χ1v) is 18.0. The highest BCUT2D eigenvalue weighted by Crippen LogP contribution is 2.51. The van der Waals surface area contributed by atoms with Crippen LogP contribution >= 0.6 is 9.24 Å². The third-order valence-corrected chi connectivity index (χ3v) is 9.58. The van der Waals surface area contributed by atoms with E-state index in [0.29, 0.717) is 19.4 Å². The van der Waals surface area contributed by atoms with Gasteiger partial charge in [0.05, 0.1) is 6.54 Å². The Kier molecular flexibility index (Phi) is 13.9. The van der Waals surface area contributed by atoms with Crippen molar-refractivity contribution in [1.29, 1.82) is 0 Å². The van der Waals surface area contributed by atoms with Gasteiger partial charge in [-0.2, -0.15) is 0 Å². The van der Waals surface area contributed by atoms with Gasteiger partial charge in [0, 0.05) is 13.0 Å². The Hall–Kier alpha value is -3.41. The third kappa shape index (κ3) is 10.1. The molecule has 0 saturated heterocycles. The summed E-state index contributed by atoms with van der Waals surface area (Å²) < 4.78 is 27.7. The molecule has 0 bridgehead atoms. The van der Waals surface area contributed by atoms with Gasteiger partial charge in [-0.25, -0.2) is 8.78 Å². The van der Waals surface area contributed by atoms with E-state index < -0.39 is 17.6 Å². The molecular formula is C40H52F2N3O2P. The summed E-state index contributed by atoms with van der Waals surface area (Å²) in [4.78, 5) is 28.9. The monoisotopic (exact) mass is 675 g/mol. The first kappa shape index (κ1) is 37.4. The van der Waals surface area contributed by atoms with E-state index in [9.17, 15) is 18.4 Å². The number of alkyl halides is 2. The molecule has 0 fully saturated rings. The predicted molar refractivity (Wildman–Crippen MR) is 196 cm³/mol. The number of allylic oxidation sites excluding steroid dienone is 1. The first-order valence-electron chi connectivity index (χ1n) is 17.4. The Morgan fingerprint density at radius 2 is 1.46 bits per heavy atom. The molecule has 0 heterocycles. The molecule has 1 aliphatic carbocycles. The highest BCUT2D eigenvalue weighted by Gasteiger charge is 2.48. The quantitative estimate of drug-likeness (QED) is 0.0765. The molecule has 1 unspecified atom stereocenters. The lowest BCUT2D eigenvalue weighted by atomic mass is 9.73. The molecule has 0 aromatic heterocycles. The van der Waals surface area contributed by atoms with Crippen LogP contribution in [0.1, 0.15) is 81.0 Å². The summed E-state index contributed by atoms with van der Waals surface area (Å²) in [5.74, 6) is -0.333. The molecule has 2 N–H and O–H groups in total. The molecule has 0 spiro atoms.